The Kier molecular flexibility index (Phi) is 4.65. The van der Waals surface area contributed by atoms with E-state index in [0.29, 0.717) is 0 Å². The van der Waals surface area contributed by atoms with E-state index < -0.39 is 4.92 Å². The van der Waals surface area contributed by atoms with Crippen LogP contribution in [0.15, 0.2) is 12.1 Å². The molecule has 0 bridgehead atoms. The number of halogens is 1. The van der Waals surface area contributed by atoms with E-state index in [1.54, 1.807) is 0 Å². The van der Waals surface area contributed by atoms with Crippen LogP contribution in [0.25, 0.3) is 0 Å². The van der Waals surface area contributed by atoms with Crippen LogP contribution in [0.3, 0.4) is 0 Å². The Bertz CT molecular complexity index is 414. The van der Waals surface area contributed by atoms with Crippen LogP contribution in [-0.4, -0.2) is 27.7 Å². The van der Waals surface area contributed by atoms with Crippen molar-refractivity contribution in [3.63, 3.8) is 0 Å². The van der Waals surface area contributed by atoms with Crippen molar-refractivity contribution in [2.45, 2.75) is 19.9 Å². The molecule has 2 unspecified atom stereocenters. The number of anilines is 1. The summed E-state index contributed by atoms with van der Waals surface area (Å²) in [5.74, 6) is 0.0747. The van der Waals surface area contributed by atoms with Crippen LogP contribution in [0.4, 0.5) is 11.5 Å². The molecular weight excluding hydrogens is 246 g/mol. The predicted molar refractivity (Wildman–Crippen MR) is 65.2 cm³/mol. The molecule has 1 rings (SSSR count). The van der Waals surface area contributed by atoms with Crippen molar-refractivity contribution < 1.29 is 10.0 Å². The van der Waals surface area contributed by atoms with E-state index in [0.717, 1.165) is 0 Å². The fraction of sp³-hybridized carbons (Fsp3) is 0.500. The summed E-state index contributed by atoms with van der Waals surface area (Å²) in [7, 11) is 0. The number of aromatic nitrogens is 1. The minimum absolute atomic E-state index is 0.0114. The summed E-state index contributed by atoms with van der Waals surface area (Å²) in [5, 5.41) is 22.9. The summed E-state index contributed by atoms with van der Waals surface area (Å²) in [6.45, 7) is 3.63. The first-order valence-corrected chi connectivity index (χ1v) is 5.51. The number of nitro groups is 1. The maximum absolute atomic E-state index is 10.8. The van der Waals surface area contributed by atoms with Gasteiger partial charge in [-0.1, -0.05) is 18.5 Å². The molecule has 0 spiro atoms. The fourth-order valence-electron chi connectivity index (χ4n) is 1.20. The maximum Gasteiger partial charge on any atom is 0.311 e. The summed E-state index contributed by atoms with van der Waals surface area (Å²) in [6.07, 6.45) is 0. The van der Waals surface area contributed by atoms with E-state index in [2.05, 4.69) is 10.3 Å². The molecule has 1 aromatic rings. The number of hydrogen-bond donors (Lipinski definition) is 2. The Hall–Kier alpha value is -1.40. The Morgan fingerprint density at radius 3 is 2.76 bits per heavy atom. The molecule has 0 saturated heterocycles. The Labute approximate surface area is 104 Å². The third kappa shape index (κ3) is 3.54. The van der Waals surface area contributed by atoms with Crippen molar-refractivity contribution in [1.82, 2.24) is 4.98 Å². The third-order valence-corrected chi connectivity index (χ3v) is 2.75. The molecule has 1 aromatic heterocycles. The average molecular weight is 260 g/mol. The lowest BCUT2D eigenvalue weighted by molar-refractivity contribution is -0.384. The molecule has 0 amide bonds. The average Bonchev–Trinajstić information content (AvgIpc) is 2.27. The van der Waals surface area contributed by atoms with Gasteiger partial charge in [-0.3, -0.25) is 10.1 Å². The van der Waals surface area contributed by atoms with Crippen LogP contribution in [0, 0.1) is 16.0 Å². The van der Waals surface area contributed by atoms with Gasteiger partial charge in [0.05, 0.1) is 4.92 Å². The van der Waals surface area contributed by atoms with Crippen LogP contribution < -0.4 is 5.32 Å². The van der Waals surface area contributed by atoms with Gasteiger partial charge in [-0.25, -0.2) is 4.98 Å². The van der Waals surface area contributed by atoms with Crippen molar-refractivity contribution in [3.05, 3.63) is 27.4 Å². The molecule has 0 aliphatic heterocycles. The highest BCUT2D eigenvalue weighted by Gasteiger charge is 2.19. The zero-order valence-electron chi connectivity index (χ0n) is 9.55. The number of aliphatic hydroxyl groups is 1. The summed E-state index contributed by atoms with van der Waals surface area (Å²) in [5.41, 5.74) is -0.133. The molecule has 0 radical (unpaired) electrons. The van der Waals surface area contributed by atoms with Crippen molar-refractivity contribution in [1.29, 1.82) is 0 Å². The smallest absolute Gasteiger partial charge is 0.311 e. The van der Waals surface area contributed by atoms with Gasteiger partial charge in [0, 0.05) is 18.7 Å². The number of hydrogen-bond acceptors (Lipinski definition) is 5. The highest BCUT2D eigenvalue weighted by molar-refractivity contribution is 6.29. The second kappa shape index (κ2) is 5.79. The lowest BCUT2D eigenvalue weighted by Crippen LogP contribution is -2.27. The molecule has 0 saturated carbocycles. The fourth-order valence-corrected chi connectivity index (χ4v) is 1.35. The minimum atomic E-state index is -0.526. The first kappa shape index (κ1) is 13.7. The Morgan fingerprint density at radius 2 is 2.24 bits per heavy atom. The molecule has 6 nitrogen and oxygen atoms in total. The van der Waals surface area contributed by atoms with Crippen molar-refractivity contribution in [2.75, 3.05) is 11.9 Å². The van der Waals surface area contributed by atoms with Gasteiger partial charge in [0.15, 0.2) is 0 Å². The zero-order valence-corrected chi connectivity index (χ0v) is 10.3. The standard InChI is InChI=1S/C10H14ClN3O3/c1-6(5-15)7(2)12-10-8(14(16)17)3-4-9(11)13-10/h3-4,6-7,15H,5H2,1-2H3,(H,12,13). The summed E-state index contributed by atoms with van der Waals surface area (Å²) >= 11 is 5.70. The van der Waals surface area contributed by atoms with Crippen LogP contribution in [0.1, 0.15) is 13.8 Å². The summed E-state index contributed by atoms with van der Waals surface area (Å²) in [4.78, 5) is 14.1. The SMILES string of the molecule is CC(CO)C(C)Nc1nc(Cl)ccc1[N+](=O)[O-]. The summed E-state index contributed by atoms with van der Waals surface area (Å²) < 4.78 is 0. The molecule has 2 N–H and O–H groups in total. The van der Waals surface area contributed by atoms with Crippen LogP contribution >= 0.6 is 11.6 Å². The second-order valence-corrected chi connectivity index (χ2v) is 4.24. The first-order chi connectivity index (χ1) is 7.95. The van der Waals surface area contributed by atoms with E-state index in [1.165, 1.54) is 12.1 Å². The lowest BCUT2D eigenvalue weighted by atomic mass is 10.1. The number of aliphatic hydroxyl groups excluding tert-OH is 1. The highest BCUT2D eigenvalue weighted by Crippen LogP contribution is 2.25. The molecular formula is C10H14ClN3O3. The van der Waals surface area contributed by atoms with Gasteiger partial charge in [0.25, 0.3) is 0 Å². The van der Waals surface area contributed by atoms with E-state index in [1.807, 2.05) is 13.8 Å². The number of nitrogens with one attached hydrogen (secondary N) is 1. The molecule has 17 heavy (non-hydrogen) atoms. The largest absolute Gasteiger partial charge is 0.396 e. The van der Waals surface area contributed by atoms with Gasteiger partial charge in [-0.05, 0) is 18.9 Å². The lowest BCUT2D eigenvalue weighted by Gasteiger charge is -2.19. The summed E-state index contributed by atoms with van der Waals surface area (Å²) in [6, 6.07) is 2.52. The van der Waals surface area contributed by atoms with Gasteiger partial charge >= 0.3 is 5.69 Å². The van der Waals surface area contributed by atoms with Crippen molar-refractivity contribution in [2.24, 2.45) is 5.92 Å². The molecule has 94 valence electrons. The number of pyridine rings is 1. The van der Waals surface area contributed by atoms with E-state index in [4.69, 9.17) is 16.7 Å². The zero-order chi connectivity index (χ0) is 13.0. The van der Waals surface area contributed by atoms with Gasteiger partial charge in [0.2, 0.25) is 5.82 Å². The minimum Gasteiger partial charge on any atom is -0.396 e. The molecule has 0 aliphatic carbocycles. The Balaban J connectivity index is 2.96. The van der Waals surface area contributed by atoms with Gasteiger partial charge in [-0.15, -0.1) is 0 Å². The first-order valence-electron chi connectivity index (χ1n) is 5.14. The van der Waals surface area contributed by atoms with E-state index in [-0.39, 0.29) is 35.2 Å². The van der Waals surface area contributed by atoms with Crippen molar-refractivity contribution in [3.8, 4) is 0 Å². The molecule has 7 heteroatoms. The monoisotopic (exact) mass is 259 g/mol. The quantitative estimate of drug-likeness (QED) is 0.480. The molecule has 0 aromatic carbocycles. The number of nitrogens with zero attached hydrogens (tertiary/aromatic N) is 2. The van der Waals surface area contributed by atoms with Gasteiger partial charge in [0.1, 0.15) is 5.15 Å². The van der Waals surface area contributed by atoms with Gasteiger partial charge in [-0.2, -0.15) is 0 Å². The van der Waals surface area contributed by atoms with Crippen LogP contribution in [0.2, 0.25) is 5.15 Å². The number of rotatable bonds is 5. The van der Waals surface area contributed by atoms with Gasteiger partial charge < -0.3 is 10.4 Å². The molecule has 2 atom stereocenters. The predicted octanol–water partition coefficient (Wildman–Crippen LogP) is 2.07. The van der Waals surface area contributed by atoms with E-state index >= 15 is 0 Å². The third-order valence-electron chi connectivity index (χ3n) is 2.54. The molecule has 0 aliphatic rings. The molecule has 1 heterocycles. The Morgan fingerprint density at radius 1 is 1.59 bits per heavy atom. The van der Waals surface area contributed by atoms with Crippen LogP contribution in [0.5, 0.6) is 0 Å². The molecule has 0 fully saturated rings. The van der Waals surface area contributed by atoms with E-state index in [9.17, 15) is 10.1 Å². The normalized spacial score (nSPS) is 14.1. The van der Waals surface area contributed by atoms with Crippen LogP contribution in [-0.2, 0) is 0 Å². The second-order valence-electron chi connectivity index (χ2n) is 3.85. The highest BCUT2D eigenvalue weighted by atomic mass is 35.5. The van der Waals surface area contributed by atoms with Crippen molar-refractivity contribution >= 4 is 23.1 Å². The maximum atomic E-state index is 10.8. The topological polar surface area (TPSA) is 88.3 Å².